The molecule has 3 rings (SSSR count). The van der Waals surface area contributed by atoms with E-state index in [4.69, 9.17) is 20.1 Å². The van der Waals surface area contributed by atoms with Gasteiger partial charge in [0, 0.05) is 0 Å². The Kier molecular flexibility index (Phi) is 2.99. The normalized spacial score (nSPS) is 32.9. The summed E-state index contributed by atoms with van der Waals surface area (Å²) in [6, 6.07) is 0. The molecule has 10 heteroatoms. The maximum Gasteiger partial charge on any atom is 0.298 e. The van der Waals surface area contributed by atoms with Gasteiger partial charge in [-0.1, -0.05) is 5.16 Å². The Balaban J connectivity index is 2.15. The van der Waals surface area contributed by atoms with Crippen LogP contribution in [0.3, 0.4) is 0 Å². The van der Waals surface area contributed by atoms with Gasteiger partial charge in [-0.15, -0.1) is 0 Å². The number of aromatic nitrogens is 3. The van der Waals surface area contributed by atoms with Crippen molar-refractivity contribution in [3.63, 3.8) is 0 Å². The Labute approximate surface area is 117 Å². The van der Waals surface area contributed by atoms with Gasteiger partial charge in [0.05, 0.1) is 6.61 Å². The highest BCUT2D eigenvalue weighted by atomic mass is 16.6. The molecule has 21 heavy (non-hydrogen) atoms. The molecule has 4 atom stereocenters. The minimum Gasteiger partial charge on any atom is -0.394 e. The fourth-order valence-corrected chi connectivity index (χ4v) is 2.45. The number of ether oxygens (including phenoxy) is 1. The predicted molar refractivity (Wildman–Crippen MR) is 68.2 cm³/mol. The molecule has 1 saturated heterocycles. The van der Waals surface area contributed by atoms with Crippen LogP contribution >= 0.6 is 0 Å². The molecule has 0 unspecified atom stereocenters. The first kappa shape index (κ1) is 13.9. The summed E-state index contributed by atoms with van der Waals surface area (Å²) in [6.45, 7) is 0.842. The van der Waals surface area contributed by atoms with Gasteiger partial charge in [0.1, 0.15) is 35.1 Å². The Morgan fingerprint density at radius 3 is 2.86 bits per heavy atom. The molecular formula is C11H14N4O6. The first-order valence-electron chi connectivity index (χ1n) is 6.18. The summed E-state index contributed by atoms with van der Waals surface area (Å²) in [5.74, 6) is -0.145. The van der Waals surface area contributed by atoms with Gasteiger partial charge < -0.3 is 30.3 Å². The lowest BCUT2D eigenvalue weighted by Crippen LogP contribution is -2.43. The van der Waals surface area contributed by atoms with Crippen LogP contribution in [-0.2, 0) is 4.74 Å². The number of nitrogens with one attached hydrogen (secondary N) is 1. The van der Waals surface area contributed by atoms with Crippen molar-refractivity contribution >= 4 is 17.0 Å². The maximum atomic E-state index is 11.7. The number of anilines is 1. The second-order valence-corrected chi connectivity index (χ2v) is 5.10. The molecule has 0 bridgehead atoms. The number of hydrogen-bond donors (Lipinski definition) is 5. The van der Waals surface area contributed by atoms with Crippen LogP contribution < -0.4 is 11.3 Å². The van der Waals surface area contributed by atoms with Crippen molar-refractivity contribution < 1.29 is 24.6 Å². The number of rotatable bonds is 2. The molecule has 6 N–H and O–H groups in total. The van der Waals surface area contributed by atoms with E-state index in [-0.39, 0.29) is 22.7 Å². The zero-order chi connectivity index (χ0) is 15.4. The van der Waals surface area contributed by atoms with E-state index < -0.39 is 36.1 Å². The molecule has 114 valence electrons. The molecule has 0 aromatic carbocycles. The minimum absolute atomic E-state index is 0.0304. The van der Waals surface area contributed by atoms with Crippen LogP contribution in [0.1, 0.15) is 18.7 Å². The van der Waals surface area contributed by atoms with Gasteiger partial charge in [0.15, 0.2) is 0 Å². The van der Waals surface area contributed by atoms with Gasteiger partial charge in [0.2, 0.25) is 5.95 Å². The third-order valence-corrected chi connectivity index (χ3v) is 3.59. The van der Waals surface area contributed by atoms with E-state index in [0.29, 0.717) is 0 Å². The van der Waals surface area contributed by atoms with Gasteiger partial charge in [-0.05, 0) is 6.92 Å². The Hall–Kier alpha value is -2.01. The van der Waals surface area contributed by atoms with Crippen LogP contribution in [0.15, 0.2) is 9.32 Å². The van der Waals surface area contributed by atoms with Crippen LogP contribution in [0, 0.1) is 0 Å². The molecule has 2 aromatic heterocycles. The third-order valence-electron chi connectivity index (χ3n) is 3.59. The van der Waals surface area contributed by atoms with Gasteiger partial charge in [-0.2, -0.15) is 0 Å². The molecule has 0 spiro atoms. The zero-order valence-corrected chi connectivity index (χ0v) is 11.0. The minimum atomic E-state index is -1.74. The fourth-order valence-electron chi connectivity index (χ4n) is 2.45. The summed E-state index contributed by atoms with van der Waals surface area (Å²) in [5, 5.41) is 33.2. The molecule has 2 aromatic rings. The number of nitrogens with two attached hydrogens (primary N) is 1. The topological polar surface area (TPSA) is 168 Å². The third kappa shape index (κ3) is 1.92. The van der Waals surface area contributed by atoms with Crippen molar-refractivity contribution in [2.75, 3.05) is 12.3 Å². The lowest BCUT2D eigenvalue weighted by Gasteiger charge is -2.25. The summed E-state index contributed by atoms with van der Waals surface area (Å²) >= 11 is 0. The predicted octanol–water partition coefficient (Wildman–Crippen LogP) is -1.96. The molecule has 3 heterocycles. The van der Waals surface area contributed by atoms with E-state index in [1.54, 1.807) is 0 Å². The van der Waals surface area contributed by atoms with Crippen LogP contribution in [0.4, 0.5) is 5.95 Å². The largest absolute Gasteiger partial charge is 0.394 e. The van der Waals surface area contributed by atoms with Crippen molar-refractivity contribution in [2.45, 2.75) is 30.8 Å². The Morgan fingerprint density at radius 2 is 2.24 bits per heavy atom. The highest BCUT2D eigenvalue weighted by Crippen LogP contribution is 2.42. The second-order valence-electron chi connectivity index (χ2n) is 5.10. The maximum absolute atomic E-state index is 11.7. The monoisotopic (exact) mass is 298 g/mol. The van der Waals surface area contributed by atoms with E-state index in [9.17, 15) is 15.0 Å². The standard InChI is InChI=1S/C11H14N4O6/c1-11(19)7(17)3(2-16)20-8(11)5-4-6(21-15-5)9(18)14-10(12)13-4/h3,7-8,16-17,19H,2H2,1H3,(H3,12,13,14,18)/t3-,7-,8+,11-/m1/s1. The average molecular weight is 298 g/mol. The quantitative estimate of drug-likeness (QED) is 0.422. The summed E-state index contributed by atoms with van der Waals surface area (Å²) in [6.07, 6.45) is -3.45. The molecule has 0 radical (unpaired) electrons. The first-order valence-corrected chi connectivity index (χ1v) is 6.18. The molecule has 1 aliphatic heterocycles. The highest BCUT2D eigenvalue weighted by Gasteiger charge is 2.54. The van der Waals surface area contributed by atoms with Gasteiger partial charge in [0.25, 0.3) is 11.1 Å². The number of nitrogen functional groups attached to an aromatic ring is 1. The number of aromatic amines is 1. The molecule has 0 saturated carbocycles. The molecule has 1 fully saturated rings. The molecule has 0 aliphatic carbocycles. The molecular weight excluding hydrogens is 284 g/mol. The molecule has 10 nitrogen and oxygen atoms in total. The number of aliphatic hydroxyl groups is 3. The number of aliphatic hydroxyl groups excluding tert-OH is 2. The summed E-state index contributed by atoms with van der Waals surface area (Å²) in [5.41, 5.74) is 3.01. The number of nitrogens with zero attached hydrogens (tertiary/aromatic N) is 2. The summed E-state index contributed by atoms with van der Waals surface area (Å²) in [7, 11) is 0. The zero-order valence-electron chi connectivity index (χ0n) is 11.0. The number of H-pyrrole nitrogens is 1. The molecule has 1 aliphatic rings. The summed E-state index contributed by atoms with van der Waals surface area (Å²) in [4.78, 5) is 17.8. The van der Waals surface area contributed by atoms with E-state index in [2.05, 4.69) is 15.1 Å². The van der Waals surface area contributed by atoms with Crippen molar-refractivity contribution in [1.29, 1.82) is 0 Å². The second kappa shape index (κ2) is 4.49. The van der Waals surface area contributed by atoms with Crippen molar-refractivity contribution in [3.05, 3.63) is 16.0 Å². The highest BCUT2D eigenvalue weighted by molar-refractivity contribution is 5.75. The molecule has 0 amide bonds. The van der Waals surface area contributed by atoms with Gasteiger partial charge in [-0.3, -0.25) is 9.78 Å². The van der Waals surface area contributed by atoms with Crippen LogP contribution in [0.5, 0.6) is 0 Å². The van der Waals surface area contributed by atoms with Crippen molar-refractivity contribution in [2.24, 2.45) is 0 Å². The smallest absolute Gasteiger partial charge is 0.298 e. The van der Waals surface area contributed by atoms with Crippen LogP contribution in [0.25, 0.3) is 11.1 Å². The lowest BCUT2D eigenvalue weighted by molar-refractivity contribution is -0.0663. The van der Waals surface area contributed by atoms with Crippen LogP contribution in [-0.4, -0.2) is 54.9 Å². The van der Waals surface area contributed by atoms with E-state index in [0.717, 1.165) is 0 Å². The Morgan fingerprint density at radius 1 is 1.52 bits per heavy atom. The first-order chi connectivity index (χ1) is 9.86. The number of fused-ring (bicyclic) bond motifs is 1. The average Bonchev–Trinajstić information content (AvgIpc) is 2.91. The van der Waals surface area contributed by atoms with E-state index in [1.165, 1.54) is 6.92 Å². The van der Waals surface area contributed by atoms with E-state index >= 15 is 0 Å². The number of hydrogen-bond acceptors (Lipinski definition) is 9. The van der Waals surface area contributed by atoms with Gasteiger partial charge in [-0.25, -0.2) is 4.98 Å². The Bertz CT molecular complexity index is 738. The SMILES string of the molecule is C[C@@]1(O)[C@H](O)[C@@H](CO)O[C@H]1c1noc2c(=O)[nH]c(N)nc12. The van der Waals surface area contributed by atoms with E-state index in [1.807, 2.05) is 0 Å². The van der Waals surface area contributed by atoms with Gasteiger partial charge >= 0.3 is 0 Å². The fraction of sp³-hybridized carbons (Fsp3) is 0.545. The lowest BCUT2D eigenvalue weighted by atomic mass is 9.91. The van der Waals surface area contributed by atoms with Crippen molar-refractivity contribution in [3.8, 4) is 0 Å². The van der Waals surface area contributed by atoms with Crippen molar-refractivity contribution in [1.82, 2.24) is 15.1 Å². The van der Waals surface area contributed by atoms with Crippen LogP contribution in [0.2, 0.25) is 0 Å². The summed E-state index contributed by atoms with van der Waals surface area (Å²) < 4.78 is 10.3.